The van der Waals surface area contributed by atoms with E-state index in [1.54, 1.807) is 0 Å². The van der Waals surface area contributed by atoms with Crippen LogP contribution in [0.1, 0.15) is 17.0 Å². The van der Waals surface area contributed by atoms with E-state index in [4.69, 9.17) is 5.73 Å². The zero-order chi connectivity index (χ0) is 13.4. The number of aromatic nitrogens is 3. The summed E-state index contributed by atoms with van der Waals surface area (Å²) in [5.74, 6) is 0.824. The Morgan fingerprint density at radius 3 is 2.63 bits per heavy atom. The molecule has 0 spiro atoms. The van der Waals surface area contributed by atoms with Gasteiger partial charge >= 0.3 is 0 Å². The third kappa shape index (κ3) is 2.00. The van der Waals surface area contributed by atoms with Gasteiger partial charge in [0.15, 0.2) is 5.82 Å². The molecule has 3 rings (SSSR count). The predicted molar refractivity (Wildman–Crippen MR) is 76.2 cm³/mol. The molecule has 0 radical (unpaired) electrons. The third-order valence-electron chi connectivity index (χ3n) is 3.23. The normalized spacial score (nSPS) is 11.1. The molecule has 4 heteroatoms. The first kappa shape index (κ1) is 11.9. The van der Waals surface area contributed by atoms with Gasteiger partial charge in [0.25, 0.3) is 0 Å². The van der Waals surface area contributed by atoms with Crippen molar-refractivity contribution >= 4 is 10.9 Å². The van der Waals surface area contributed by atoms with Crippen LogP contribution in [-0.2, 0) is 6.54 Å². The Morgan fingerprint density at radius 2 is 1.95 bits per heavy atom. The Labute approximate surface area is 111 Å². The Kier molecular flexibility index (Phi) is 2.80. The van der Waals surface area contributed by atoms with Gasteiger partial charge in [-0.15, -0.1) is 0 Å². The Hall–Kier alpha value is -2.20. The monoisotopic (exact) mass is 252 g/mol. The predicted octanol–water partition coefficient (Wildman–Crippen LogP) is 2.50. The largest absolute Gasteiger partial charge is 0.326 e. The number of para-hydroxylation sites is 1. The second kappa shape index (κ2) is 4.48. The topological polar surface area (TPSA) is 56.7 Å². The van der Waals surface area contributed by atoms with Crippen molar-refractivity contribution in [1.29, 1.82) is 0 Å². The van der Waals surface area contributed by atoms with Gasteiger partial charge < -0.3 is 5.73 Å². The first-order valence-electron chi connectivity index (χ1n) is 6.31. The smallest absolute Gasteiger partial charge is 0.154 e. The van der Waals surface area contributed by atoms with E-state index in [0.29, 0.717) is 6.54 Å². The lowest BCUT2D eigenvalue weighted by molar-refractivity contribution is 0.808. The van der Waals surface area contributed by atoms with E-state index in [0.717, 1.165) is 33.7 Å². The summed E-state index contributed by atoms with van der Waals surface area (Å²) in [4.78, 5) is 4.67. The molecule has 0 unspecified atom stereocenters. The van der Waals surface area contributed by atoms with E-state index >= 15 is 0 Å². The lowest BCUT2D eigenvalue weighted by atomic mass is 10.1. The molecular formula is C15H16N4. The van der Waals surface area contributed by atoms with Crippen LogP contribution in [0.15, 0.2) is 36.4 Å². The van der Waals surface area contributed by atoms with Gasteiger partial charge in [0.2, 0.25) is 0 Å². The van der Waals surface area contributed by atoms with Gasteiger partial charge in [0.05, 0.1) is 11.2 Å². The van der Waals surface area contributed by atoms with Crippen LogP contribution in [0.2, 0.25) is 0 Å². The quantitative estimate of drug-likeness (QED) is 0.762. The van der Waals surface area contributed by atoms with E-state index < -0.39 is 0 Å². The molecule has 0 bridgehead atoms. The fraction of sp³-hybridized carbons (Fsp3) is 0.200. The Morgan fingerprint density at radius 1 is 1.16 bits per heavy atom. The highest BCUT2D eigenvalue weighted by Crippen LogP contribution is 2.20. The minimum atomic E-state index is 0.495. The van der Waals surface area contributed by atoms with E-state index in [-0.39, 0.29) is 0 Å². The molecule has 0 atom stereocenters. The molecule has 0 aliphatic carbocycles. The highest BCUT2D eigenvalue weighted by atomic mass is 15.3. The summed E-state index contributed by atoms with van der Waals surface area (Å²) in [6.45, 7) is 4.50. The Bertz CT molecular complexity index is 743. The van der Waals surface area contributed by atoms with Crippen LogP contribution in [0.3, 0.4) is 0 Å². The molecule has 3 aromatic rings. The molecule has 4 nitrogen and oxygen atoms in total. The maximum Gasteiger partial charge on any atom is 0.154 e. The first-order chi connectivity index (χ1) is 9.19. The summed E-state index contributed by atoms with van der Waals surface area (Å²) >= 11 is 0. The molecule has 96 valence electrons. The number of hydrogen-bond acceptors (Lipinski definition) is 3. The summed E-state index contributed by atoms with van der Waals surface area (Å²) in [5, 5.41) is 5.58. The number of fused-ring (bicyclic) bond motifs is 1. The van der Waals surface area contributed by atoms with Crippen molar-refractivity contribution in [3.8, 4) is 5.82 Å². The average molecular weight is 252 g/mol. The number of aryl methyl sites for hydroxylation is 2. The molecule has 2 N–H and O–H groups in total. The molecule has 2 heterocycles. The summed E-state index contributed by atoms with van der Waals surface area (Å²) in [6, 6.07) is 12.1. The van der Waals surface area contributed by atoms with Gasteiger partial charge in [0.1, 0.15) is 0 Å². The van der Waals surface area contributed by atoms with Crippen molar-refractivity contribution in [2.75, 3.05) is 0 Å². The molecule has 0 saturated carbocycles. The van der Waals surface area contributed by atoms with Crippen LogP contribution >= 0.6 is 0 Å². The van der Waals surface area contributed by atoms with E-state index in [9.17, 15) is 0 Å². The summed E-state index contributed by atoms with van der Waals surface area (Å²) < 4.78 is 1.86. The van der Waals surface area contributed by atoms with Crippen molar-refractivity contribution in [2.45, 2.75) is 20.4 Å². The number of hydrogen-bond donors (Lipinski definition) is 1. The maximum absolute atomic E-state index is 5.85. The number of rotatable bonds is 2. The summed E-state index contributed by atoms with van der Waals surface area (Å²) in [5.41, 5.74) is 9.95. The maximum atomic E-state index is 5.85. The number of benzene rings is 1. The molecule has 0 aliphatic heterocycles. The van der Waals surface area contributed by atoms with E-state index in [2.05, 4.69) is 16.1 Å². The van der Waals surface area contributed by atoms with Crippen molar-refractivity contribution in [3.05, 3.63) is 53.3 Å². The van der Waals surface area contributed by atoms with Crippen LogP contribution in [0.5, 0.6) is 0 Å². The molecule has 19 heavy (non-hydrogen) atoms. The standard InChI is InChI=1S/C15H16N4/c1-10-7-11(2)19(18-10)15-8-12(9-16)13-5-3-4-6-14(13)17-15/h3-8H,9,16H2,1-2H3. The number of pyridine rings is 1. The molecule has 0 amide bonds. The lowest BCUT2D eigenvalue weighted by Gasteiger charge is -2.09. The number of nitrogens with two attached hydrogens (primary N) is 1. The SMILES string of the molecule is Cc1cc(C)n(-c2cc(CN)c3ccccc3n2)n1. The van der Waals surface area contributed by atoms with Gasteiger partial charge in [-0.2, -0.15) is 5.10 Å². The highest BCUT2D eigenvalue weighted by Gasteiger charge is 2.09. The second-order valence-electron chi connectivity index (χ2n) is 4.70. The van der Waals surface area contributed by atoms with Gasteiger partial charge in [-0.3, -0.25) is 0 Å². The summed E-state index contributed by atoms with van der Waals surface area (Å²) in [7, 11) is 0. The van der Waals surface area contributed by atoms with Gasteiger partial charge in [-0.05, 0) is 37.6 Å². The van der Waals surface area contributed by atoms with Crippen molar-refractivity contribution in [2.24, 2.45) is 5.73 Å². The fourth-order valence-electron chi connectivity index (χ4n) is 2.37. The third-order valence-corrected chi connectivity index (χ3v) is 3.23. The minimum Gasteiger partial charge on any atom is -0.326 e. The Balaban J connectivity index is 2.28. The van der Waals surface area contributed by atoms with Gasteiger partial charge in [-0.25, -0.2) is 9.67 Å². The first-order valence-corrected chi connectivity index (χ1v) is 6.31. The number of nitrogens with zero attached hydrogens (tertiary/aromatic N) is 3. The molecule has 0 aliphatic rings. The van der Waals surface area contributed by atoms with Crippen LogP contribution < -0.4 is 5.73 Å². The van der Waals surface area contributed by atoms with Crippen molar-refractivity contribution in [3.63, 3.8) is 0 Å². The van der Waals surface area contributed by atoms with Gasteiger partial charge in [-0.1, -0.05) is 18.2 Å². The highest BCUT2D eigenvalue weighted by molar-refractivity contribution is 5.83. The van der Waals surface area contributed by atoms with Crippen molar-refractivity contribution in [1.82, 2.24) is 14.8 Å². The second-order valence-corrected chi connectivity index (χ2v) is 4.70. The molecule has 0 saturated heterocycles. The molecular weight excluding hydrogens is 236 g/mol. The van der Waals surface area contributed by atoms with Crippen LogP contribution in [-0.4, -0.2) is 14.8 Å². The zero-order valence-electron chi connectivity index (χ0n) is 11.1. The fourth-order valence-corrected chi connectivity index (χ4v) is 2.37. The molecule has 1 aromatic carbocycles. The van der Waals surface area contributed by atoms with Crippen LogP contribution in [0.4, 0.5) is 0 Å². The minimum absolute atomic E-state index is 0.495. The molecule has 2 aromatic heterocycles. The van der Waals surface area contributed by atoms with E-state index in [1.165, 1.54) is 0 Å². The average Bonchev–Trinajstić information content (AvgIpc) is 2.76. The lowest BCUT2D eigenvalue weighted by Crippen LogP contribution is -2.06. The van der Waals surface area contributed by atoms with E-state index in [1.807, 2.05) is 48.9 Å². The van der Waals surface area contributed by atoms with Gasteiger partial charge in [0, 0.05) is 17.6 Å². The van der Waals surface area contributed by atoms with Crippen molar-refractivity contribution < 1.29 is 0 Å². The van der Waals surface area contributed by atoms with Crippen LogP contribution in [0.25, 0.3) is 16.7 Å². The molecule has 0 fully saturated rings. The summed E-state index contributed by atoms with van der Waals surface area (Å²) in [6.07, 6.45) is 0. The van der Waals surface area contributed by atoms with Crippen LogP contribution in [0, 0.1) is 13.8 Å². The zero-order valence-corrected chi connectivity index (χ0v) is 11.1.